The molecule has 1 fully saturated rings. The van der Waals surface area contributed by atoms with E-state index in [1.54, 1.807) is 0 Å². The Morgan fingerprint density at radius 3 is 2.82 bits per heavy atom. The van der Waals surface area contributed by atoms with Crippen LogP contribution in [0.3, 0.4) is 0 Å². The van der Waals surface area contributed by atoms with Crippen LogP contribution >= 0.6 is 11.8 Å². The number of rotatable bonds is 4. The number of nitrogens with zero attached hydrogens (tertiary/aromatic N) is 2. The van der Waals surface area contributed by atoms with Gasteiger partial charge in [-0.25, -0.2) is 0 Å². The van der Waals surface area contributed by atoms with Crippen molar-refractivity contribution in [1.82, 2.24) is 4.90 Å². The molecule has 17 heavy (non-hydrogen) atoms. The van der Waals surface area contributed by atoms with Crippen molar-refractivity contribution in [3.63, 3.8) is 0 Å². The summed E-state index contributed by atoms with van der Waals surface area (Å²) in [6, 6.07) is 0. The van der Waals surface area contributed by atoms with Crippen LogP contribution in [0, 0.1) is 5.92 Å². The van der Waals surface area contributed by atoms with Crippen molar-refractivity contribution in [2.24, 2.45) is 16.8 Å². The van der Waals surface area contributed by atoms with Gasteiger partial charge < -0.3 is 15.8 Å². The number of alkyl halides is 3. The smallest absolute Gasteiger partial charge is 0.409 e. The molecule has 1 aliphatic rings. The fourth-order valence-corrected chi connectivity index (χ4v) is 2.45. The van der Waals surface area contributed by atoms with Crippen LogP contribution in [-0.2, 0) is 0 Å². The molecule has 0 aromatic carbocycles. The molecule has 8 heteroatoms. The van der Waals surface area contributed by atoms with Crippen LogP contribution in [0.15, 0.2) is 5.16 Å². The largest absolute Gasteiger partial charge is 0.441 e. The Labute approximate surface area is 102 Å². The number of likely N-dealkylation sites (tertiary alicyclic amines) is 1. The van der Waals surface area contributed by atoms with Gasteiger partial charge in [0.15, 0.2) is 0 Å². The van der Waals surface area contributed by atoms with Crippen molar-refractivity contribution < 1.29 is 18.4 Å². The van der Waals surface area contributed by atoms with Gasteiger partial charge in [-0.3, -0.25) is 0 Å². The van der Waals surface area contributed by atoms with Gasteiger partial charge in [-0.05, 0) is 31.1 Å². The van der Waals surface area contributed by atoms with E-state index in [-0.39, 0.29) is 29.3 Å². The van der Waals surface area contributed by atoms with E-state index in [2.05, 4.69) is 5.16 Å². The third-order valence-corrected chi connectivity index (χ3v) is 3.43. The van der Waals surface area contributed by atoms with Crippen LogP contribution in [0.4, 0.5) is 13.2 Å². The zero-order chi connectivity index (χ0) is 12.9. The molecule has 0 amide bonds. The zero-order valence-electron chi connectivity index (χ0n) is 9.28. The first-order chi connectivity index (χ1) is 7.92. The first-order valence-electron chi connectivity index (χ1n) is 5.33. The lowest BCUT2D eigenvalue weighted by atomic mass is 9.97. The molecule has 1 atom stereocenters. The average molecular weight is 271 g/mol. The van der Waals surface area contributed by atoms with Crippen LogP contribution in [-0.4, -0.2) is 46.8 Å². The normalized spacial score (nSPS) is 23.9. The van der Waals surface area contributed by atoms with E-state index in [0.717, 1.165) is 19.4 Å². The molecule has 0 aliphatic carbocycles. The Kier molecular flexibility index (Phi) is 5.38. The molecule has 0 bridgehead atoms. The van der Waals surface area contributed by atoms with Crippen molar-refractivity contribution >= 4 is 17.6 Å². The third-order valence-electron chi connectivity index (χ3n) is 2.71. The van der Waals surface area contributed by atoms with E-state index < -0.39 is 5.51 Å². The Balaban J connectivity index is 2.30. The second kappa shape index (κ2) is 6.34. The monoisotopic (exact) mass is 271 g/mol. The van der Waals surface area contributed by atoms with Gasteiger partial charge >= 0.3 is 5.51 Å². The molecule has 1 rings (SSSR count). The molecule has 0 saturated carbocycles. The van der Waals surface area contributed by atoms with Crippen LogP contribution in [0.25, 0.3) is 0 Å². The van der Waals surface area contributed by atoms with Crippen molar-refractivity contribution in [1.29, 1.82) is 0 Å². The second-order valence-electron chi connectivity index (χ2n) is 3.96. The zero-order valence-corrected chi connectivity index (χ0v) is 10.1. The fourth-order valence-electron chi connectivity index (χ4n) is 1.87. The Morgan fingerprint density at radius 1 is 1.53 bits per heavy atom. The quantitative estimate of drug-likeness (QED) is 0.353. The number of nitrogens with two attached hydrogens (primary N) is 1. The van der Waals surface area contributed by atoms with E-state index in [4.69, 9.17) is 10.9 Å². The first-order valence-corrected chi connectivity index (χ1v) is 6.31. The number of hydrogen-bond acceptors (Lipinski definition) is 4. The van der Waals surface area contributed by atoms with Crippen LogP contribution in [0.1, 0.15) is 12.8 Å². The van der Waals surface area contributed by atoms with Gasteiger partial charge in [0.05, 0.1) is 0 Å². The van der Waals surface area contributed by atoms with E-state index in [9.17, 15) is 13.2 Å². The van der Waals surface area contributed by atoms with Gasteiger partial charge in [0.1, 0.15) is 5.84 Å². The van der Waals surface area contributed by atoms with Crippen molar-refractivity contribution in [2.45, 2.75) is 18.3 Å². The summed E-state index contributed by atoms with van der Waals surface area (Å²) in [5, 5.41) is 11.5. The van der Waals surface area contributed by atoms with Crippen molar-refractivity contribution in [3.05, 3.63) is 0 Å². The maximum Gasteiger partial charge on any atom is 0.441 e. The lowest BCUT2D eigenvalue weighted by molar-refractivity contribution is -0.0329. The van der Waals surface area contributed by atoms with Crippen molar-refractivity contribution in [3.8, 4) is 0 Å². The molecule has 3 N–H and O–H groups in total. The minimum Gasteiger partial charge on any atom is -0.409 e. The highest BCUT2D eigenvalue weighted by molar-refractivity contribution is 8.00. The van der Waals surface area contributed by atoms with E-state index in [1.165, 1.54) is 0 Å². The SMILES string of the molecule is NC(=NO)C1CCCN(CCSC(F)(F)F)C1. The first kappa shape index (κ1) is 14.4. The fraction of sp³-hybridized carbons (Fsp3) is 0.889. The number of thioether (sulfide) groups is 1. The van der Waals surface area contributed by atoms with Gasteiger partial charge in [-0.1, -0.05) is 5.16 Å². The Hall–Kier alpha value is -0.630. The Morgan fingerprint density at radius 2 is 2.24 bits per heavy atom. The molecule has 1 unspecified atom stereocenters. The van der Waals surface area contributed by atoms with Crippen molar-refractivity contribution in [2.75, 3.05) is 25.4 Å². The minimum absolute atomic E-state index is 0.00994. The maximum atomic E-state index is 11.9. The summed E-state index contributed by atoms with van der Waals surface area (Å²) < 4.78 is 35.8. The lowest BCUT2D eigenvalue weighted by Crippen LogP contribution is -2.42. The molecular weight excluding hydrogens is 255 g/mol. The molecule has 1 heterocycles. The molecule has 0 radical (unpaired) electrons. The van der Waals surface area contributed by atoms with Crippen LogP contribution in [0.2, 0.25) is 0 Å². The molecule has 100 valence electrons. The van der Waals surface area contributed by atoms with E-state index >= 15 is 0 Å². The summed E-state index contributed by atoms with van der Waals surface area (Å²) in [7, 11) is 0. The summed E-state index contributed by atoms with van der Waals surface area (Å²) in [6.07, 6.45) is 1.68. The van der Waals surface area contributed by atoms with Gasteiger partial charge in [0.25, 0.3) is 0 Å². The predicted octanol–water partition coefficient (Wildman–Crippen LogP) is 1.70. The predicted molar refractivity (Wildman–Crippen MR) is 61.1 cm³/mol. The topological polar surface area (TPSA) is 61.9 Å². The molecule has 0 aromatic rings. The minimum atomic E-state index is -4.17. The summed E-state index contributed by atoms with van der Waals surface area (Å²) in [5.41, 5.74) is 1.33. The van der Waals surface area contributed by atoms with Crippen LogP contribution in [0.5, 0.6) is 0 Å². The van der Waals surface area contributed by atoms with Gasteiger partial charge in [-0.2, -0.15) is 13.2 Å². The van der Waals surface area contributed by atoms with E-state index in [0.29, 0.717) is 13.1 Å². The molecule has 0 aromatic heterocycles. The molecular formula is C9H16F3N3OS. The second-order valence-corrected chi connectivity index (χ2v) is 5.12. The summed E-state index contributed by atoms with van der Waals surface area (Å²) in [6.45, 7) is 1.71. The van der Waals surface area contributed by atoms with Gasteiger partial charge in [0.2, 0.25) is 0 Å². The summed E-state index contributed by atoms with van der Waals surface area (Å²) in [5.74, 6) is 0.134. The molecule has 1 saturated heterocycles. The number of oxime groups is 1. The average Bonchev–Trinajstić information content (AvgIpc) is 2.27. The number of halogens is 3. The lowest BCUT2D eigenvalue weighted by Gasteiger charge is -2.31. The van der Waals surface area contributed by atoms with Gasteiger partial charge in [0, 0.05) is 24.8 Å². The van der Waals surface area contributed by atoms with E-state index in [1.807, 2.05) is 4.90 Å². The number of piperidine rings is 1. The number of hydrogen-bond donors (Lipinski definition) is 2. The Bertz CT molecular complexity index is 273. The highest BCUT2D eigenvalue weighted by Crippen LogP contribution is 2.30. The van der Waals surface area contributed by atoms with Crippen LogP contribution < -0.4 is 5.73 Å². The number of amidine groups is 1. The summed E-state index contributed by atoms with van der Waals surface area (Å²) >= 11 is -0.00994. The third kappa shape index (κ3) is 5.49. The summed E-state index contributed by atoms with van der Waals surface area (Å²) in [4.78, 5) is 1.92. The molecule has 1 aliphatic heterocycles. The standard InChI is InChI=1S/C9H16F3N3OS/c10-9(11,12)17-5-4-15-3-1-2-7(6-15)8(13)14-16/h7,16H,1-6H2,(H2,13,14). The highest BCUT2D eigenvalue weighted by Gasteiger charge is 2.29. The highest BCUT2D eigenvalue weighted by atomic mass is 32.2. The molecule has 0 spiro atoms. The molecule has 4 nitrogen and oxygen atoms in total. The van der Waals surface area contributed by atoms with Gasteiger partial charge in [-0.15, -0.1) is 0 Å². The maximum absolute atomic E-state index is 11.9.